The van der Waals surface area contributed by atoms with E-state index in [1.807, 2.05) is 41.0 Å². The van der Waals surface area contributed by atoms with Crippen molar-refractivity contribution in [2.75, 3.05) is 20.0 Å². The number of benzene rings is 2. The summed E-state index contributed by atoms with van der Waals surface area (Å²) in [7, 11) is -0.842. The minimum absolute atomic E-state index is 0.0765. The second kappa shape index (κ2) is 10.4. The summed E-state index contributed by atoms with van der Waals surface area (Å²) in [5.74, 6) is 1.73. The maximum atomic E-state index is 12.9. The Morgan fingerprint density at radius 1 is 1.00 bits per heavy atom. The summed E-state index contributed by atoms with van der Waals surface area (Å²) >= 11 is 3.45. The molecule has 0 atom stereocenters. The Labute approximate surface area is 227 Å². The number of ether oxygens (including phenoxy) is 2. The number of halogens is 1. The summed E-state index contributed by atoms with van der Waals surface area (Å²) < 4.78 is 41.5. The van der Waals surface area contributed by atoms with E-state index in [1.165, 1.54) is 26.4 Å². The van der Waals surface area contributed by atoms with Crippen molar-refractivity contribution in [2.24, 2.45) is 0 Å². The molecule has 0 spiro atoms. The van der Waals surface area contributed by atoms with Crippen LogP contribution in [-0.2, 0) is 16.6 Å². The van der Waals surface area contributed by atoms with E-state index in [4.69, 9.17) is 20.2 Å². The number of hydrogen-bond acceptors (Lipinski definition) is 8. The fourth-order valence-electron chi connectivity index (χ4n) is 3.98. The number of nitrogens with one attached hydrogen (secondary N) is 1. The standard InChI is InChI=1S/C26H23BrN6O4S/c1-36-22-10-9-19(13-23(22)37-2)38(34,35)31-14-16-5-7-18(8-6-16)33-25(20-4-3-11-29-24(20)28)32-21-12-17(27)15-30-26(21)33/h3-13,15,31H,14H2,1-2H3,(H2,28,29). The molecule has 5 rings (SSSR count). The fraction of sp³-hybridized carbons (Fsp3) is 0.115. The van der Waals surface area contributed by atoms with Gasteiger partial charge in [-0.15, -0.1) is 0 Å². The van der Waals surface area contributed by atoms with Gasteiger partial charge in [0.2, 0.25) is 10.0 Å². The number of imidazole rings is 1. The lowest BCUT2D eigenvalue weighted by atomic mass is 10.2. The normalized spacial score (nSPS) is 11.6. The zero-order valence-corrected chi connectivity index (χ0v) is 22.8. The average molecular weight is 595 g/mol. The van der Waals surface area contributed by atoms with Crippen LogP contribution in [0, 0.1) is 0 Å². The second-order valence-electron chi connectivity index (χ2n) is 8.21. The van der Waals surface area contributed by atoms with Crippen molar-refractivity contribution in [3.05, 3.63) is 83.1 Å². The van der Waals surface area contributed by atoms with Crippen molar-refractivity contribution in [1.29, 1.82) is 0 Å². The van der Waals surface area contributed by atoms with Crippen molar-refractivity contribution in [1.82, 2.24) is 24.2 Å². The molecule has 5 aromatic rings. The highest BCUT2D eigenvalue weighted by Gasteiger charge is 2.19. The van der Waals surface area contributed by atoms with Gasteiger partial charge in [-0.1, -0.05) is 12.1 Å². The summed E-state index contributed by atoms with van der Waals surface area (Å²) in [4.78, 5) is 13.6. The van der Waals surface area contributed by atoms with E-state index < -0.39 is 10.0 Å². The van der Waals surface area contributed by atoms with Crippen LogP contribution < -0.4 is 19.9 Å². The van der Waals surface area contributed by atoms with Gasteiger partial charge in [-0.2, -0.15) is 0 Å². The van der Waals surface area contributed by atoms with E-state index in [0.717, 1.165) is 15.7 Å². The molecule has 3 heterocycles. The van der Waals surface area contributed by atoms with Gasteiger partial charge in [0, 0.05) is 35.2 Å². The Kier molecular flexibility index (Phi) is 7.02. The van der Waals surface area contributed by atoms with Gasteiger partial charge in [-0.05, 0) is 64.0 Å². The molecule has 0 amide bonds. The van der Waals surface area contributed by atoms with Crippen LogP contribution in [0.25, 0.3) is 28.2 Å². The lowest BCUT2D eigenvalue weighted by Gasteiger charge is -2.12. The SMILES string of the molecule is COc1ccc(S(=O)(=O)NCc2ccc(-n3c(-c4cccnc4N)nc4cc(Br)cnc43)cc2)cc1OC. The van der Waals surface area contributed by atoms with Gasteiger partial charge < -0.3 is 15.2 Å². The first-order valence-electron chi connectivity index (χ1n) is 11.4. The van der Waals surface area contributed by atoms with E-state index >= 15 is 0 Å². The molecule has 0 unspecified atom stereocenters. The molecule has 10 nitrogen and oxygen atoms in total. The average Bonchev–Trinajstić information content (AvgIpc) is 3.30. The molecule has 0 aliphatic rings. The molecule has 38 heavy (non-hydrogen) atoms. The van der Waals surface area contributed by atoms with Crippen LogP contribution in [0.2, 0.25) is 0 Å². The third-order valence-electron chi connectivity index (χ3n) is 5.87. The van der Waals surface area contributed by atoms with Crippen molar-refractivity contribution in [2.45, 2.75) is 11.4 Å². The Morgan fingerprint density at radius 2 is 1.76 bits per heavy atom. The van der Waals surface area contributed by atoms with E-state index in [0.29, 0.717) is 39.9 Å². The largest absolute Gasteiger partial charge is 0.493 e. The Hall–Kier alpha value is -4.00. The molecule has 0 bridgehead atoms. The molecule has 3 aromatic heterocycles. The number of nitrogens with two attached hydrogens (primary N) is 1. The second-order valence-corrected chi connectivity index (χ2v) is 10.9. The highest BCUT2D eigenvalue weighted by atomic mass is 79.9. The van der Waals surface area contributed by atoms with Crippen LogP contribution in [-0.4, -0.2) is 42.2 Å². The Morgan fingerprint density at radius 3 is 2.47 bits per heavy atom. The summed E-state index contributed by atoms with van der Waals surface area (Å²) in [5.41, 5.74) is 9.72. The minimum Gasteiger partial charge on any atom is -0.493 e. The van der Waals surface area contributed by atoms with Crippen LogP contribution in [0.5, 0.6) is 11.5 Å². The number of aromatic nitrogens is 4. The first kappa shape index (κ1) is 25.6. The van der Waals surface area contributed by atoms with Gasteiger partial charge in [0.1, 0.15) is 11.3 Å². The Bertz CT molecular complexity index is 1740. The minimum atomic E-state index is -3.79. The lowest BCUT2D eigenvalue weighted by Crippen LogP contribution is -2.23. The van der Waals surface area contributed by atoms with Crippen LogP contribution in [0.15, 0.2) is 82.4 Å². The van der Waals surface area contributed by atoms with Crippen molar-refractivity contribution in [3.63, 3.8) is 0 Å². The molecule has 12 heteroatoms. The zero-order chi connectivity index (χ0) is 26.9. The van der Waals surface area contributed by atoms with Gasteiger partial charge >= 0.3 is 0 Å². The first-order valence-corrected chi connectivity index (χ1v) is 13.6. The fourth-order valence-corrected chi connectivity index (χ4v) is 5.33. The summed E-state index contributed by atoms with van der Waals surface area (Å²) in [6.45, 7) is 0.0925. The first-order chi connectivity index (χ1) is 18.3. The number of hydrogen-bond donors (Lipinski definition) is 2. The molecule has 0 aliphatic carbocycles. The van der Waals surface area contributed by atoms with E-state index in [2.05, 4.69) is 30.6 Å². The number of fused-ring (bicyclic) bond motifs is 1. The third-order valence-corrected chi connectivity index (χ3v) is 7.70. The van der Waals surface area contributed by atoms with Crippen molar-refractivity contribution in [3.8, 4) is 28.6 Å². The quantitative estimate of drug-likeness (QED) is 0.271. The number of pyridine rings is 2. The van der Waals surface area contributed by atoms with E-state index in [1.54, 1.807) is 24.5 Å². The van der Waals surface area contributed by atoms with Crippen LogP contribution in [0.3, 0.4) is 0 Å². The van der Waals surface area contributed by atoms with Crippen molar-refractivity contribution >= 4 is 42.9 Å². The number of nitrogens with zero attached hydrogens (tertiary/aromatic N) is 4. The van der Waals surface area contributed by atoms with E-state index in [9.17, 15) is 8.42 Å². The molecule has 0 saturated carbocycles. The van der Waals surface area contributed by atoms with Gasteiger partial charge in [-0.3, -0.25) is 4.57 Å². The van der Waals surface area contributed by atoms with Gasteiger partial charge in [0.05, 0.1) is 24.7 Å². The maximum Gasteiger partial charge on any atom is 0.241 e. The monoisotopic (exact) mass is 594 g/mol. The van der Waals surface area contributed by atoms with Gasteiger partial charge in [0.25, 0.3) is 0 Å². The predicted molar refractivity (Wildman–Crippen MR) is 148 cm³/mol. The summed E-state index contributed by atoms with van der Waals surface area (Å²) in [5, 5.41) is 0. The van der Waals surface area contributed by atoms with Gasteiger partial charge in [0.15, 0.2) is 23.0 Å². The number of rotatable bonds is 8. The maximum absolute atomic E-state index is 12.9. The van der Waals surface area contributed by atoms with Crippen LogP contribution >= 0.6 is 15.9 Å². The number of sulfonamides is 1. The number of nitrogen functional groups attached to an aromatic ring is 1. The number of methoxy groups -OCH3 is 2. The molecule has 0 radical (unpaired) electrons. The van der Waals surface area contributed by atoms with Crippen LogP contribution in [0.4, 0.5) is 5.82 Å². The van der Waals surface area contributed by atoms with Gasteiger partial charge in [-0.25, -0.2) is 28.1 Å². The van der Waals surface area contributed by atoms with Crippen molar-refractivity contribution < 1.29 is 17.9 Å². The van der Waals surface area contributed by atoms with Crippen LogP contribution in [0.1, 0.15) is 5.56 Å². The third kappa shape index (κ3) is 4.93. The number of anilines is 1. The molecule has 0 saturated heterocycles. The molecule has 0 aliphatic heterocycles. The predicted octanol–water partition coefficient (Wildman–Crippen LogP) is 4.32. The molecule has 3 N–H and O–H groups in total. The topological polar surface area (TPSA) is 134 Å². The highest BCUT2D eigenvalue weighted by molar-refractivity contribution is 9.10. The highest BCUT2D eigenvalue weighted by Crippen LogP contribution is 2.32. The van der Waals surface area contributed by atoms with E-state index in [-0.39, 0.29) is 11.4 Å². The summed E-state index contributed by atoms with van der Waals surface area (Å²) in [6.07, 6.45) is 3.33. The molecular formula is C26H23BrN6O4S. The Balaban J connectivity index is 1.44. The zero-order valence-electron chi connectivity index (χ0n) is 20.4. The molecular weight excluding hydrogens is 572 g/mol. The molecule has 194 valence electrons. The smallest absolute Gasteiger partial charge is 0.241 e. The molecule has 2 aromatic carbocycles. The summed E-state index contributed by atoms with van der Waals surface area (Å²) in [6, 6.07) is 17.4. The molecule has 0 fully saturated rings. The lowest BCUT2D eigenvalue weighted by molar-refractivity contribution is 0.354.